The molecular weight excluding hydrogens is 1130 g/mol. The van der Waals surface area contributed by atoms with Crippen LogP contribution in [0.2, 0.25) is 10.0 Å². The van der Waals surface area contributed by atoms with Crippen LogP contribution in [0.15, 0.2) is 151 Å². The number of nitrogens with zero attached hydrogens (tertiary/aromatic N) is 12. The fourth-order valence-corrected chi connectivity index (χ4v) is 9.60. The van der Waals surface area contributed by atoms with Crippen LogP contribution >= 0.6 is 39.1 Å². The zero-order valence-corrected chi connectivity index (χ0v) is 48.8. The van der Waals surface area contributed by atoms with Crippen molar-refractivity contribution in [1.82, 2.24) is 59.3 Å². The molecule has 0 amide bonds. The number of aromatic nitrogens is 10. The molecule has 8 aromatic heterocycles. The van der Waals surface area contributed by atoms with Crippen LogP contribution in [0.25, 0.3) is 78.0 Å². The van der Waals surface area contributed by atoms with Crippen molar-refractivity contribution in [3.8, 4) is 55.9 Å². The van der Waals surface area contributed by atoms with E-state index < -0.39 is 5.82 Å². The van der Waals surface area contributed by atoms with E-state index >= 15 is 0 Å². The molecule has 1 fully saturated rings. The van der Waals surface area contributed by atoms with Crippen LogP contribution in [0, 0.1) is 11.6 Å². The Balaban J connectivity index is 0.000000165. The highest BCUT2D eigenvalue weighted by Gasteiger charge is 2.52. The van der Waals surface area contributed by atoms with Gasteiger partial charge in [0.15, 0.2) is 11.3 Å². The Morgan fingerprint density at radius 2 is 1.05 bits per heavy atom. The van der Waals surface area contributed by atoms with Crippen molar-refractivity contribution >= 4 is 73.8 Å². The van der Waals surface area contributed by atoms with Gasteiger partial charge in [0.25, 0.3) is 0 Å². The monoisotopic (exact) mass is 1190 g/mol. The van der Waals surface area contributed by atoms with E-state index in [4.69, 9.17) is 32.5 Å². The molecule has 81 heavy (non-hydrogen) atoms. The molecule has 0 aliphatic carbocycles. The fraction of sp³-hybridized carbons (Fsp3) is 0.279. The van der Waals surface area contributed by atoms with Gasteiger partial charge < -0.3 is 19.1 Å². The van der Waals surface area contributed by atoms with Crippen LogP contribution in [0.5, 0.6) is 0 Å². The normalized spacial score (nSPS) is 13.5. The van der Waals surface area contributed by atoms with Gasteiger partial charge in [0.2, 0.25) is 0 Å². The van der Waals surface area contributed by atoms with Gasteiger partial charge in [-0.15, -0.1) is 0 Å². The second-order valence-corrected chi connectivity index (χ2v) is 22.7. The molecule has 11 rings (SSSR count). The number of aryl methyl sites for hydroxylation is 2. The number of hydrogen-bond acceptors (Lipinski definition) is 12. The van der Waals surface area contributed by atoms with E-state index in [0.717, 1.165) is 93.1 Å². The number of pyridine rings is 6. The molecule has 0 bridgehead atoms. The average Bonchev–Trinajstić information content (AvgIpc) is 4.33. The van der Waals surface area contributed by atoms with Crippen molar-refractivity contribution in [3.05, 3.63) is 173 Å². The number of benzene rings is 2. The fourth-order valence-electron chi connectivity index (χ4n) is 8.90. The number of hydrogen-bond donors (Lipinski definition) is 0. The first kappa shape index (κ1) is 60.2. The second-order valence-electron chi connectivity index (χ2n) is 20.9. The minimum atomic E-state index is -0.392. The van der Waals surface area contributed by atoms with Crippen molar-refractivity contribution in [3.63, 3.8) is 0 Å². The largest absolute Gasteiger partial charge is 0.498 e. The summed E-state index contributed by atoms with van der Waals surface area (Å²) in [5.74, 6) is -0.776. The van der Waals surface area contributed by atoms with Crippen LogP contribution in [0.3, 0.4) is 0 Å². The lowest BCUT2D eigenvalue weighted by Gasteiger charge is -2.32. The second kappa shape index (κ2) is 26.3. The van der Waals surface area contributed by atoms with E-state index in [1.54, 1.807) is 43.1 Å². The van der Waals surface area contributed by atoms with Crippen LogP contribution in [-0.4, -0.2) is 119 Å². The Bertz CT molecular complexity index is 3770. The Labute approximate surface area is 490 Å². The molecule has 1 aliphatic heterocycles. The molecule has 418 valence electrons. The maximum absolute atomic E-state index is 14.7. The smallest absolute Gasteiger partial charge is 0.399 e. The van der Waals surface area contributed by atoms with E-state index in [1.165, 1.54) is 24.3 Å². The Morgan fingerprint density at radius 3 is 1.57 bits per heavy atom. The van der Waals surface area contributed by atoms with E-state index in [-0.39, 0.29) is 31.6 Å². The summed E-state index contributed by atoms with van der Waals surface area (Å²) in [6.45, 7) is 12.1. The molecule has 0 N–H and O–H groups in total. The predicted octanol–water partition coefficient (Wildman–Crippen LogP) is 13.7. The third kappa shape index (κ3) is 14.8. The summed E-state index contributed by atoms with van der Waals surface area (Å²) in [5, 5.41) is 11.5. The Morgan fingerprint density at radius 1 is 0.568 bits per heavy atom. The zero-order chi connectivity index (χ0) is 56.7. The number of rotatable bonds is 14. The summed E-state index contributed by atoms with van der Waals surface area (Å²) in [6.07, 6.45) is 20.3. The lowest BCUT2D eigenvalue weighted by atomic mass is 9.82. The molecular formula is C61H64BBrCl2F2N12O2. The maximum atomic E-state index is 14.7. The SMILES string of the molecule is C.CN(C)CCCn1cc(-c2cncc(-c3cc(-c4cc(Cl)ccc4F)nc4ncccc34)c2)cn1.CN(C)CCCn1cc(B2OC(C)(C)C(C)(C)O2)cn1.Fc1ccc(Cl)cc1-c1cc(-c2cncc(Br)c2)c2cccnc2n1. The van der Waals surface area contributed by atoms with Gasteiger partial charge in [0.05, 0.1) is 28.8 Å². The van der Waals surface area contributed by atoms with Crippen molar-refractivity contribution in [2.24, 2.45) is 0 Å². The van der Waals surface area contributed by atoms with Gasteiger partial charge >= 0.3 is 7.12 Å². The first-order valence-electron chi connectivity index (χ1n) is 26.0. The molecule has 0 saturated carbocycles. The highest BCUT2D eigenvalue weighted by Crippen LogP contribution is 2.38. The number of halogens is 5. The van der Waals surface area contributed by atoms with Gasteiger partial charge in [-0.3, -0.25) is 19.3 Å². The summed E-state index contributed by atoms with van der Waals surface area (Å²) < 4.78 is 45.8. The quantitative estimate of drug-likeness (QED) is 0.0958. The number of fused-ring (bicyclic) bond motifs is 2. The van der Waals surface area contributed by atoms with Crippen LogP contribution in [0.1, 0.15) is 48.0 Å². The van der Waals surface area contributed by atoms with E-state index in [2.05, 4.69) is 128 Å². The molecule has 0 spiro atoms. The molecule has 9 heterocycles. The maximum Gasteiger partial charge on any atom is 0.498 e. The van der Waals surface area contributed by atoms with Gasteiger partial charge in [0.1, 0.15) is 11.6 Å². The summed E-state index contributed by atoms with van der Waals surface area (Å²) in [6, 6.07) is 24.2. The van der Waals surface area contributed by atoms with E-state index in [0.29, 0.717) is 43.9 Å². The Hall–Kier alpha value is -6.90. The standard InChI is InChI=1S/C27H24ClFN6.C19H10BrClFN3.C14H26BN3O2.CH4/c1-34(2)9-4-10-35-17-20(16-32-35)18-11-19(15-30-14-18)23-13-26(24-12-21(28)6-7-25(24)29)33-27-22(23)5-3-8-31-27;20-12-6-11(9-23-10-12)15-8-18(16-7-13(21)3-4-17(16)22)25-19-14(15)2-1-5-24-19;1-13(2)14(3,4)20-15(19-13)12-10-16-18(11-12)9-7-8-17(5)6;/h3,5-8,11-17H,4,9-10H2,1-2H3;1-10H;10-11H,7-9H2,1-6H3;1H4. The molecule has 0 radical (unpaired) electrons. The van der Waals surface area contributed by atoms with Crippen LogP contribution < -0.4 is 5.46 Å². The highest BCUT2D eigenvalue weighted by molar-refractivity contribution is 9.10. The van der Waals surface area contributed by atoms with Crippen molar-refractivity contribution in [2.75, 3.05) is 41.3 Å². The highest BCUT2D eigenvalue weighted by atomic mass is 79.9. The van der Waals surface area contributed by atoms with Crippen molar-refractivity contribution < 1.29 is 18.1 Å². The van der Waals surface area contributed by atoms with Gasteiger partial charge in [-0.25, -0.2) is 28.7 Å². The van der Waals surface area contributed by atoms with E-state index in [1.807, 2.05) is 82.8 Å². The van der Waals surface area contributed by atoms with Gasteiger partial charge in [-0.2, -0.15) is 10.2 Å². The van der Waals surface area contributed by atoms with E-state index in [9.17, 15) is 8.78 Å². The first-order chi connectivity index (χ1) is 38.3. The van der Waals surface area contributed by atoms with Crippen LogP contribution in [0.4, 0.5) is 8.78 Å². The predicted molar refractivity (Wildman–Crippen MR) is 326 cm³/mol. The molecule has 2 aromatic carbocycles. The molecule has 1 saturated heterocycles. The van der Waals surface area contributed by atoms with Gasteiger partial charge in [0, 0.05) is 133 Å². The molecule has 14 nitrogen and oxygen atoms in total. The molecule has 20 heteroatoms. The third-order valence-electron chi connectivity index (χ3n) is 13.8. The third-order valence-corrected chi connectivity index (χ3v) is 14.7. The Kier molecular flexibility index (Phi) is 19.6. The summed E-state index contributed by atoms with van der Waals surface area (Å²) in [4.78, 5) is 30.9. The van der Waals surface area contributed by atoms with Gasteiger partial charge in [-0.1, -0.05) is 30.6 Å². The lowest BCUT2D eigenvalue weighted by Crippen LogP contribution is -2.41. The molecule has 0 unspecified atom stereocenters. The van der Waals surface area contributed by atoms with Crippen LogP contribution in [-0.2, 0) is 22.4 Å². The minimum absolute atomic E-state index is 0. The lowest BCUT2D eigenvalue weighted by molar-refractivity contribution is 0.00578. The molecule has 1 aliphatic rings. The molecule has 10 aromatic rings. The zero-order valence-electron chi connectivity index (χ0n) is 45.7. The van der Waals surface area contributed by atoms with Crippen molar-refractivity contribution in [2.45, 2.75) is 72.3 Å². The minimum Gasteiger partial charge on any atom is -0.399 e. The topological polar surface area (TPSA) is 138 Å². The first-order valence-corrected chi connectivity index (χ1v) is 27.5. The van der Waals surface area contributed by atoms with Crippen molar-refractivity contribution in [1.29, 1.82) is 0 Å². The summed E-state index contributed by atoms with van der Waals surface area (Å²) >= 11 is 15.6. The summed E-state index contributed by atoms with van der Waals surface area (Å²) in [7, 11) is 7.98. The summed E-state index contributed by atoms with van der Waals surface area (Å²) in [5.41, 5.74) is 8.51. The average molecular weight is 1200 g/mol. The van der Waals surface area contributed by atoms with Gasteiger partial charge in [-0.05, 0) is 194 Å². The molecule has 0 atom stereocenters.